The first-order valence-corrected chi connectivity index (χ1v) is 6.55. The molecule has 0 fully saturated rings. The summed E-state index contributed by atoms with van der Waals surface area (Å²) in [7, 11) is 1.24. The predicted molar refractivity (Wildman–Crippen MR) is 82.0 cm³/mol. The van der Waals surface area contributed by atoms with E-state index in [1.165, 1.54) is 25.3 Å². The van der Waals surface area contributed by atoms with Crippen molar-refractivity contribution in [3.8, 4) is 5.75 Å². The molecule has 0 radical (unpaired) electrons. The summed E-state index contributed by atoms with van der Waals surface area (Å²) in [5.74, 6) is -0.946. The second-order valence-electron chi connectivity index (χ2n) is 4.46. The highest BCUT2D eigenvalue weighted by Crippen LogP contribution is 2.13. The summed E-state index contributed by atoms with van der Waals surface area (Å²) in [5, 5.41) is 11.8. The van der Waals surface area contributed by atoms with Crippen molar-refractivity contribution in [3.63, 3.8) is 0 Å². The number of carbonyl (C=O) groups excluding carboxylic acids is 2. The van der Waals surface area contributed by atoms with Crippen molar-refractivity contribution in [1.82, 2.24) is 5.32 Å². The van der Waals surface area contributed by atoms with E-state index in [1.54, 1.807) is 42.5 Å². The van der Waals surface area contributed by atoms with Gasteiger partial charge in [-0.15, -0.1) is 0 Å². The van der Waals surface area contributed by atoms with Gasteiger partial charge < -0.3 is 15.2 Å². The van der Waals surface area contributed by atoms with Crippen LogP contribution in [0.4, 0.5) is 0 Å². The maximum absolute atomic E-state index is 12.1. The molecule has 112 valence electrons. The average Bonchev–Trinajstić information content (AvgIpc) is 2.56. The van der Waals surface area contributed by atoms with E-state index in [-0.39, 0.29) is 11.4 Å². The minimum absolute atomic E-state index is 0.0158. The van der Waals surface area contributed by atoms with E-state index >= 15 is 0 Å². The van der Waals surface area contributed by atoms with Gasteiger partial charge in [-0.05, 0) is 35.9 Å². The fourth-order valence-electron chi connectivity index (χ4n) is 1.78. The molecule has 2 aromatic carbocycles. The van der Waals surface area contributed by atoms with Gasteiger partial charge in [0.2, 0.25) is 0 Å². The molecule has 0 aliphatic rings. The molecule has 0 aromatic heterocycles. The third kappa shape index (κ3) is 3.96. The number of carbonyl (C=O) groups is 2. The Bertz CT molecular complexity index is 690. The van der Waals surface area contributed by atoms with Crippen LogP contribution in [0.15, 0.2) is 60.3 Å². The average molecular weight is 297 g/mol. The van der Waals surface area contributed by atoms with Crippen LogP contribution in [0.2, 0.25) is 0 Å². The van der Waals surface area contributed by atoms with Crippen molar-refractivity contribution in [3.05, 3.63) is 71.4 Å². The molecule has 0 spiro atoms. The van der Waals surface area contributed by atoms with Crippen LogP contribution in [-0.4, -0.2) is 24.1 Å². The van der Waals surface area contributed by atoms with Crippen LogP contribution < -0.4 is 5.32 Å². The number of aromatic hydroxyl groups is 1. The SMILES string of the molecule is COC(=O)/C(=C/c1ccc(O)cc1)NC(=O)c1ccccc1. The van der Waals surface area contributed by atoms with Gasteiger partial charge in [0, 0.05) is 5.56 Å². The molecule has 0 atom stereocenters. The number of methoxy groups -OCH3 is 1. The molecule has 0 aliphatic carbocycles. The van der Waals surface area contributed by atoms with Crippen LogP contribution in [0, 0.1) is 0 Å². The second kappa shape index (κ2) is 7.08. The van der Waals surface area contributed by atoms with Crippen molar-refractivity contribution >= 4 is 18.0 Å². The number of phenolic OH excluding ortho intramolecular Hbond substituents is 1. The van der Waals surface area contributed by atoms with Crippen LogP contribution in [0.1, 0.15) is 15.9 Å². The van der Waals surface area contributed by atoms with Crippen molar-refractivity contribution in [2.24, 2.45) is 0 Å². The number of benzene rings is 2. The van der Waals surface area contributed by atoms with Gasteiger partial charge in [-0.1, -0.05) is 30.3 Å². The highest BCUT2D eigenvalue weighted by atomic mass is 16.5. The Morgan fingerprint density at radius 2 is 1.68 bits per heavy atom. The van der Waals surface area contributed by atoms with Crippen LogP contribution in [0.3, 0.4) is 0 Å². The lowest BCUT2D eigenvalue weighted by atomic mass is 10.1. The van der Waals surface area contributed by atoms with E-state index in [4.69, 9.17) is 0 Å². The number of hydrogen-bond donors (Lipinski definition) is 2. The molecule has 0 aliphatic heterocycles. The second-order valence-corrected chi connectivity index (χ2v) is 4.46. The molecule has 2 aromatic rings. The summed E-state index contributed by atoms with van der Waals surface area (Å²) < 4.78 is 4.67. The first-order valence-electron chi connectivity index (χ1n) is 6.55. The lowest BCUT2D eigenvalue weighted by Crippen LogP contribution is -2.28. The largest absolute Gasteiger partial charge is 0.508 e. The molecule has 0 unspecified atom stereocenters. The number of phenols is 1. The summed E-state index contributed by atoms with van der Waals surface area (Å²) in [6.07, 6.45) is 1.48. The fraction of sp³-hybridized carbons (Fsp3) is 0.0588. The Morgan fingerprint density at radius 3 is 2.27 bits per heavy atom. The summed E-state index contributed by atoms with van der Waals surface area (Å²) >= 11 is 0. The van der Waals surface area contributed by atoms with Gasteiger partial charge in [0.15, 0.2) is 0 Å². The fourth-order valence-corrected chi connectivity index (χ4v) is 1.78. The molecule has 0 saturated heterocycles. The zero-order valence-electron chi connectivity index (χ0n) is 11.9. The predicted octanol–water partition coefficient (Wildman–Crippen LogP) is 2.34. The molecule has 0 heterocycles. The zero-order valence-corrected chi connectivity index (χ0v) is 11.9. The van der Waals surface area contributed by atoms with Gasteiger partial charge in [-0.2, -0.15) is 0 Å². The summed E-state index contributed by atoms with van der Waals surface area (Å²) in [4.78, 5) is 23.9. The van der Waals surface area contributed by atoms with Gasteiger partial charge >= 0.3 is 5.97 Å². The number of ether oxygens (including phenoxy) is 1. The minimum Gasteiger partial charge on any atom is -0.508 e. The Labute approximate surface area is 127 Å². The van der Waals surface area contributed by atoms with Crippen LogP contribution in [-0.2, 0) is 9.53 Å². The monoisotopic (exact) mass is 297 g/mol. The number of esters is 1. The van der Waals surface area contributed by atoms with Crippen molar-refractivity contribution in [2.45, 2.75) is 0 Å². The van der Waals surface area contributed by atoms with E-state index in [2.05, 4.69) is 10.1 Å². The van der Waals surface area contributed by atoms with Gasteiger partial charge in [0.1, 0.15) is 11.4 Å². The lowest BCUT2D eigenvalue weighted by molar-refractivity contribution is -0.136. The summed E-state index contributed by atoms with van der Waals surface area (Å²) in [6.45, 7) is 0. The maximum Gasteiger partial charge on any atom is 0.354 e. The van der Waals surface area contributed by atoms with E-state index in [9.17, 15) is 14.7 Å². The Kier molecular flexibility index (Phi) is 4.93. The third-order valence-electron chi connectivity index (χ3n) is 2.89. The molecule has 1 amide bonds. The van der Waals surface area contributed by atoms with E-state index < -0.39 is 11.9 Å². The van der Waals surface area contributed by atoms with Gasteiger partial charge in [0.25, 0.3) is 5.91 Å². The molecule has 22 heavy (non-hydrogen) atoms. The number of rotatable bonds is 4. The number of hydrogen-bond acceptors (Lipinski definition) is 4. The van der Waals surface area contributed by atoms with Gasteiger partial charge in [-0.3, -0.25) is 4.79 Å². The Hall–Kier alpha value is -3.08. The Morgan fingerprint density at radius 1 is 1.05 bits per heavy atom. The Balaban J connectivity index is 2.25. The molecule has 0 saturated carbocycles. The standard InChI is InChI=1S/C17H15NO4/c1-22-17(21)15(11-12-7-9-14(19)10-8-12)18-16(20)13-5-3-2-4-6-13/h2-11,19H,1H3,(H,18,20)/b15-11-. The first-order chi connectivity index (χ1) is 10.6. The van der Waals surface area contributed by atoms with Crippen LogP contribution >= 0.6 is 0 Å². The van der Waals surface area contributed by atoms with E-state index in [0.29, 0.717) is 11.1 Å². The molecule has 2 rings (SSSR count). The van der Waals surface area contributed by atoms with E-state index in [1.807, 2.05) is 0 Å². The zero-order chi connectivity index (χ0) is 15.9. The molecule has 5 heteroatoms. The summed E-state index contributed by atoms with van der Waals surface area (Å²) in [6, 6.07) is 14.8. The molecule has 5 nitrogen and oxygen atoms in total. The van der Waals surface area contributed by atoms with Gasteiger partial charge in [-0.25, -0.2) is 4.79 Å². The lowest BCUT2D eigenvalue weighted by Gasteiger charge is -2.08. The molecule has 2 N–H and O–H groups in total. The van der Waals surface area contributed by atoms with Crippen LogP contribution in [0.5, 0.6) is 5.75 Å². The van der Waals surface area contributed by atoms with Crippen LogP contribution in [0.25, 0.3) is 6.08 Å². The van der Waals surface area contributed by atoms with Gasteiger partial charge in [0.05, 0.1) is 7.11 Å². The molecule has 0 bridgehead atoms. The number of amides is 1. The minimum atomic E-state index is -0.655. The number of nitrogens with one attached hydrogen (secondary N) is 1. The smallest absolute Gasteiger partial charge is 0.354 e. The van der Waals surface area contributed by atoms with Crippen molar-refractivity contribution in [1.29, 1.82) is 0 Å². The quantitative estimate of drug-likeness (QED) is 0.671. The molecular formula is C17H15NO4. The summed E-state index contributed by atoms with van der Waals surface area (Å²) in [5.41, 5.74) is 1.09. The highest BCUT2D eigenvalue weighted by Gasteiger charge is 2.14. The topological polar surface area (TPSA) is 75.6 Å². The molecular weight excluding hydrogens is 282 g/mol. The normalized spacial score (nSPS) is 10.9. The first kappa shape index (κ1) is 15.3. The highest BCUT2D eigenvalue weighted by molar-refractivity contribution is 6.03. The third-order valence-corrected chi connectivity index (χ3v) is 2.89. The van der Waals surface area contributed by atoms with Crippen molar-refractivity contribution < 1.29 is 19.4 Å². The van der Waals surface area contributed by atoms with E-state index in [0.717, 1.165) is 0 Å². The van der Waals surface area contributed by atoms with Crippen molar-refractivity contribution in [2.75, 3.05) is 7.11 Å². The maximum atomic E-state index is 12.1.